The van der Waals surface area contributed by atoms with Gasteiger partial charge in [-0.05, 0) is 44.5 Å². The maximum Gasteiger partial charge on any atom is 0.251 e. The summed E-state index contributed by atoms with van der Waals surface area (Å²) in [6, 6.07) is 7.45. The van der Waals surface area contributed by atoms with Gasteiger partial charge in [-0.1, -0.05) is 13.3 Å². The van der Waals surface area contributed by atoms with Crippen molar-refractivity contribution < 1.29 is 9.53 Å². The Morgan fingerprint density at radius 2 is 1.94 bits per heavy atom. The van der Waals surface area contributed by atoms with Gasteiger partial charge in [0.1, 0.15) is 5.75 Å². The molecule has 0 spiro atoms. The molecular weight excluding hydrogens is 214 g/mol. The molecule has 17 heavy (non-hydrogen) atoms. The number of hydrogen-bond donors (Lipinski definition) is 1. The zero-order valence-corrected chi connectivity index (χ0v) is 10.8. The molecule has 0 heterocycles. The lowest BCUT2D eigenvalue weighted by molar-refractivity contribution is 0.0938. The van der Waals surface area contributed by atoms with Crippen molar-refractivity contribution >= 4 is 5.91 Å². The minimum absolute atomic E-state index is 0.0194. The van der Waals surface area contributed by atoms with Gasteiger partial charge in [-0.15, -0.1) is 0 Å². The monoisotopic (exact) mass is 235 g/mol. The van der Waals surface area contributed by atoms with Gasteiger partial charge < -0.3 is 10.1 Å². The highest BCUT2D eigenvalue weighted by Crippen LogP contribution is 2.12. The molecule has 3 heteroatoms. The van der Waals surface area contributed by atoms with Gasteiger partial charge in [0.15, 0.2) is 0 Å². The molecule has 0 saturated heterocycles. The van der Waals surface area contributed by atoms with Crippen molar-refractivity contribution in [3.63, 3.8) is 0 Å². The van der Waals surface area contributed by atoms with Gasteiger partial charge in [0.25, 0.3) is 5.91 Å². The Hall–Kier alpha value is -1.51. The molecule has 0 bridgehead atoms. The molecule has 0 saturated carbocycles. The molecule has 0 aliphatic carbocycles. The van der Waals surface area contributed by atoms with E-state index in [1.54, 1.807) is 12.1 Å². The third-order valence-corrected chi connectivity index (χ3v) is 2.53. The molecule has 1 amide bonds. The molecule has 1 N–H and O–H groups in total. The lowest BCUT2D eigenvalue weighted by Crippen LogP contribution is -2.32. The van der Waals surface area contributed by atoms with Crippen LogP contribution in [-0.4, -0.2) is 18.6 Å². The molecule has 1 aromatic rings. The van der Waals surface area contributed by atoms with Crippen LogP contribution in [0.1, 0.15) is 44.0 Å². The van der Waals surface area contributed by atoms with Crippen molar-refractivity contribution in [3.05, 3.63) is 29.8 Å². The molecule has 1 aromatic carbocycles. The Morgan fingerprint density at radius 3 is 2.47 bits per heavy atom. The van der Waals surface area contributed by atoms with E-state index in [2.05, 4.69) is 12.2 Å². The number of carbonyl (C=O) groups is 1. The van der Waals surface area contributed by atoms with E-state index < -0.39 is 0 Å². The zero-order chi connectivity index (χ0) is 12.7. The van der Waals surface area contributed by atoms with Crippen LogP contribution in [0.5, 0.6) is 5.75 Å². The van der Waals surface area contributed by atoms with Crippen LogP contribution in [0.3, 0.4) is 0 Å². The standard InChI is InChI=1S/C14H21NO2/c1-4-6-11(3)15-14(16)12-7-9-13(10-8-12)17-5-2/h7-11H,4-6H2,1-3H3,(H,15,16)/t11-/m0/s1. The Kier molecular flexibility index (Phi) is 5.53. The Morgan fingerprint density at radius 1 is 1.29 bits per heavy atom. The van der Waals surface area contributed by atoms with Crippen LogP contribution < -0.4 is 10.1 Å². The van der Waals surface area contributed by atoms with E-state index in [0.29, 0.717) is 12.2 Å². The molecule has 0 unspecified atom stereocenters. The number of ether oxygens (including phenoxy) is 1. The van der Waals surface area contributed by atoms with Crippen molar-refractivity contribution in [3.8, 4) is 5.75 Å². The summed E-state index contributed by atoms with van der Waals surface area (Å²) in [5.74, 6) is 0.777. The van der Waals surface area contributed by atoms with Crippen molar-refractivity contribution in [1.82, 2.24) is 5.32 Å². The first-order chi connectivity index (χ1) is 8.17. The maximum absolute atomic E-state index is 11.8. The smallest absolute Gasteiger partial charge is 0.251 e. The van der Waals surface area contributed by atoms with Gasteiger partial charge in [0, 0.05) is 11.6 Å². The number of hydrogen-bond acceptors (Lipinski definition) is 2. The molecule has 0 fully saturated rings. The summed E-state index contributed by atoms with van der Waals surface area (Å²) in [5.41, 5.74) is 0.677. The normalized spacial score (nSPS) is 11.9. The number of amides is 1. The van der Waals surface area contributed by atoms with Gasteiger partial charge in [0.2, 0.25) is 0 Å². The molecule has 0 aromatic heterocycles. The minimum atomic E-state index is -0.0194. The van der Waals surface area contributed by atoms with Crippen LogP contribution in [0, 0.1) is 0 Å². The van der Waals surface area contributed by atoms with Crippen molar-refractivity contribution in [2.75, 3.05) is 6.61 Å². The largest absolute Gasteiger partial charge is 0.494 e. The summed E-state index contributed by atoms with van der Waals surface area (Å²) >= 11 is 0. The quantitative estimate of drug-likeness (QED) is 0.823. The predicted octanol–water partition coefficient (Wildman–Crippen LogP) is 3.00. The molecular formula is C14H21NO2. The van der Waals surface area contributed by atoms with E-state index in [1.165, 1.54) is 0 Å². The predicted molar refractivity (Wildman–Crippen MR) is 69.4 cm³/mol. The van der Waals surface area contributed by atoms with E-state index in [0.717, 1.165) is 18.6 Å². The second kappa shape index (κ2) is 6.94. The van der Waals surface area contributed by atoms with Crippen molar-refractivity contribution in [1.29, 1.82) is 0 Å². The number of nitrogens with one attached hydrogen (secondary N) is 1. The first kappa shape index (κ1) is 13.6. The topological polar surface area (TPSA) is 38.3 Å². The number of rotatable bonds is 6. The third kappa shape index (κ3) is 4.47. The van der Waals surface area contributed by atoms with Crippen LogP contribution in [0.2, 0.25) is 0 Å². The molecule has 1 rings (SSSR count). The number of carbonyl (C=O) groups excluding carboxylic acids is 1. The van der Waals surface area contributed by atoms with E-state index >= 15 is 0 Å². The first-order valence-corrected chi connectivity index (χ1v) is 6.21. The van der Waals surface area contributed by atoms with E-state index in [-0.39, 0.29) is 11.9 Å². The van der Waals surface area contributed by atoms with E-state index in [4.69, 9.17) is 4.74 Å². The van der Waals surface area contributed by atoms with Crippen molar-refractivity contribution in [2.24, 2.45) is 0 Å². The molecule has 0 aliphatic heterocycles. The molecule has 0 aliphatic rings. The van der Waals surface area contributed by atoms with Crippen LogP contribution in [-0.2, 0) is 0 Å². The fourth-order valence-corrected chi connectivity index (χ4v) is 1.68. The maximum atomic E-state index is 11.8. The fourth-order valence-electron chi connectivity index (χ4n) is 1.68. The summed E-state index contributed by atoms with van der Waals surface area (Å²) in [6.45, 7) is 6.71. The second-order valence-corrected chi connectivity index (χ2v) is 4.12. The van der Waals surface area contributed by atoms with Crippen LogP contribution >= 0.6 is 0 Å². The van der Waals surface area contributed by atoms with Gasteiger partial charge in [-0.25, -0.2) is 0 Å². The third-order valence-electron chi connectivity index (χ3n) is 2.53. The molecule has 0 radical (unpaired) electrons. The SMILES string of the molecule is CCC[C@H](C)NC(=O)c1ccc(OCC)cc1. The number of benzene rings is 1. The van der Waals surface area contributed by atoms with E-state index in [9.17, 15) is 4.79 Å². The molecule has 1 atom stereocenters. The summed E-state index contributed by atoms with van der Waals surface area (Å²) in [7, 11) is 0. The van der Waals surface area contributed by atoms with Crippen molar-refractivity contribution in [2.45, 2.75) is 39.7 Å². The minimum Gasteiger partial charge on any atom is -0.494 e. The summed E-state index contributed by atoms with van der Waals surface area (Å²) in [6.07, 6.45) is 2.08. The highest BCUT2D eigenvalue weighted by molar-refractivity contribution is 5.94. The van der Waals surface area contributed by atoms with E-state index in [1.807, 2.05) is 26.0 Å². The average molecular weight is 235 g/mol. The Bertz CT molecular complexity index is 346. The van der Waals surface area contributed by atoms with Crippen LogP contribution in [0.4, 0.5) is 0 Å². The zero-order valence-electron chi connectivity index (χ0n) is 10.8. The Balaban J connectivity index is 2.57. The second-order valence-electron chi connectivity index (χ2n) is 4.12. The first-order valence-electron chi connectivity index (χ1n) is 6.21. The Labute approximate surface area is 103 Å². The lowest BCUT2D eigenvalue weighted by Gasteiger charge is -2.12. The highest BCUT2D eigenvalue weighted by Gasteiger charge is 2.08. The van der Waals surface area contributed by atoms with Crippen LogP contribution in [0.25, 0.3) is 0 Å². The summed E-state index contributed by atoms with van der Waals surface area (Å²) < 4.78 is 5.33. The van der Waals surface area contributed by atoms with Gasteiger partial charge in [-0.2, -0.15) is 0 Å². The van der Waals surface area contributed by atoms with Gasteiger partial charge >= 0.3 is 0 Å². The molecule has 94 valence electrons. The van der Waals surface area contributed by atoms with Gasteiger partial charge in [0.05, 0.1) is 6.61 Å². The fraction of sp³-hybridized carbons (Fsp3) is 0.500. The highest BCUT2D eigenvalue weighted by atomic mass is 16.5. The van der Waals surface area contributed by atoms with Gasteiger partial charge in [-0.3, -0.25) is 4.79 Å². The van der Waals surface area contributed by atoms with Crippen LogP contribution in [0.15, 0.2) is 24.3 Å². The average Bonchev–Trinajstić information content (AvgIpc) is 2.30. The lowest BCUT2D eigenvalue weighted by atomic mass is 10.1. The summed E-state index contributed by atoms with van der Waals surface area (Å²) in [4.78, 5) is 11.8. The summed E-state index contributed by atoms with van der Waals surface area (Å²) in [5, 5.41) is 2.97. The molecule has 3 nitrogen and oxygen atoms in total.